The van der Waals surface area contributed by atoms with Gasteiger partial charge in [-0.2, -0.15) is 4.31 Å². The quantitative estimate of drug-likeness (QED) is 0.702. The van der Waals surface area contributed by atoms with E-state index in [1.54, 1.807) is 13.0 Å². The van der Waals surface area contributed by atoms with Crippen LogP contribution in [-0.4, -0.2) is 43.4 Å². The fourth-order valence-electron chi connectivity index (χ4n) is 3.80. The van der Waals surface area contributed by atoms with Crippen molar-refractivity contribution in [3.63, 3.8) is 0 Å². The molecule has 1 fully saturated rings. The largest absolute Gasteiger partial charge is 0.356 e. The van der Waals surface area contributed by atoms with Gasteiger partial charge in [0.2, 0.25) is 15.9 Å². The number of carbonyl (C=O) groups excluding carboxylic acids is 1. The third-order valence-electron chi connectivity index (χ3n) is 5.58. The van der Waals surface area contributed by atoms with Crippen LogP contribution in [0, 0.1) is 26.7 Å². The normalized spacial score (nSPS) is 17.9. The summed E-state index contributed by atoms with van der Waals surface area (Å²) in [5.41, 5.74) is 3.51. The van der Waals surface area contributed by atoms with E-state index < -0.39 is 10.0 Å². The number of sulfonamides is 1. The lowest BCUT2D eigenvalue weighted by molar-refractivity contribution is -0.126. The zero-order valence-corrected chi connectivity index (χ0v) is 19.5. The van der Waals surface area contributed by atoms with Crippen LogP contribution in [0.3, 0.4) is 0 Å². The second-order valence-corrected chi connectivity index (χ2v) is 10.0. The molecule has 0 spiro atoms. The van der Waals surface area contributed by atoms with Crippen LogP contribution in [-0.2, 0) is 14.8 Å². The molecule has 2 aromatic rings. The van der Waals surface area contributed by atoms with Crippen molar-refractivity contribution in [2.45, 2.75) is 51.9 Å². The van der Waals surface area contributed by atoms with Gasteiger partial charge in [0.05, 0.1) is 5.92 Å². The Morgan fingerprint density at radius 3 is 2.81 bits per heavy atom. The molecule has 0 saturated carbocycles. The van der Waals surface area contributed by atoms with Crippen molar-refractivity contribution >= 4 is 28.1 Å². The number of aromatic nitrogens is 1. The topological polar surface area (TPSA) is 92.5 Å². The number of nitrogens with zero attached hydrogens (tertiary/aromatic N) is 2. The number of benzene rings is 1. The van der Waals surface area contributed by atoms with Crippen LogP contribution in [0.4, 0.5) is 0 Å². The summed E-state index contributed by atoms with van der Waals surface area (Å²) < 4.78 is 33.7. The van der Waals surface area contributed by atoms with Gasteiger partial charge in [-0.25, -0.2) is 8.42 Å². The molecule has 1 aliphatic rings. The molecule has 1 atom stereocenters. The molecule has 1 aromatic carbocycles. The summed E-state index contributed by atoms with van der Waals surface area (Å²) in [6.45, 7) is 8.77. The predicted octanol–water partition coefficient (Wildman–Crippen LogP) is 3.70. The Morgan fingerprint density at radius 1 is 1.29 bits per heavy atom. The summed E-state index contributed by atoms with van der Waals surface area (Å²) in [6, 6.07) is 6.09. The molecule has 31 heavy (non-hydrogen) atoms. The third kappa shape index (κ3) is 5.25. The third-order valence-corrected chi connectivity index (χ3v) is 7.61. The van der Waals surface area contributed by atoms with E-state index in [2.05, 4.69) is 10.5 Å². The number of piperidine rings is 1. The molecule has 1 aromatic heterocycles. The van der Waals surface area contributed by atoms with Gasteiger partial charge in [0.15, 0.2) is 10.7 Å². The van der Waals surface area contributed by atoms with Crippen LogP contribution >= 0.6 is 0 Å². The van der Waals surface area contributed by atoms with Crippen LogP contribution in [0.15, 0.2) is 27.6 Å². The molecular formula is C23H31N3O4S. The first-order valence-electron chi connectivity index (χ1n) is 10.7. The molecule has 8 heteroatoms. The number of aryl methyl sites for hydroxylation is 3. The monoisotopic (exact) mass is 445 g/mol. The summed E-state index contributed by atoms with van der Waals surface area (Å²) in [6.07, 6.45) is 5.67. The van der Waals surface area contributed by atoms with Crippen molar-refractivity contribution in [3.8, 4) is 0 Å². The predicted molar refractivity (Wildman–Crippen MR) is 121 cm³/mol. The van der Waals surface area contributed by atoms with Crippen molar-refractivity contribution in [1.29, 1.82) is 0 Å². The van der Waals surface area contributed by atoms with Crippen molar-refractivity contribution < 1.29 is 17.7 Å². The average Bonchev–Trinajstić information content (AvgIpc) is 3.13. The van der Waals surface area contributed by atoms with Gasteiger partial charge in [-0.05, 0) is 57.2 Å². The number of amides is 1. The zero-order chi connectivity index (χ0) is 22.6. The highest BCUT2D eigenvalue weighted by molar-refractivity contribution is 7.89. The minimum Gasteiger partial charge on any atom is -0.356 e. The lowest BCUT2D eigenvalue weighted by Gasteiger charge is -2.31. The van der Waals surface area contributed by atoms with E-state index in [0.29, 0.717) is 31.6 Å². The van der Waals surface area contributed by atoms with Crippen molar-refractivity contribution in [2.24, 2.45) is 5.92 Å². The standard InChI is InChI=1S/C23H31N3O4S/c1-5-12-24-23(27)20-7-6-13-26(15-20)31(28,29)22-18(4)25-30-21(22)11-10-19-14-16(2)8-9-17(19)3/h8-11,14,20H,5-7,12-13,15H2,1-4H3,(H,24,27). The summed E-state index contributed by atoms with van der Waals surface area (Å²) in [5, 5.41) is 6.79. The Morgan fingerprint density at radius 2 is 2.06 bits per heavy atom. The molecule has 1 saturated heterocycles. The van der Waals surface area contributed by atoms with E-state index in [1.807, 2.05) is 45.0 Å². The van der Waals surface area contributed by atoms with Gasteiger partial charge in [-0.3, -0.25) is 4.79 Å². The van der Waals surface area contributed by atoms with E-state index in [9.17, 15) is 13.2 Å². The highest BCUT2D eigenvalue weighted by Gasteiger charge is 2.36. The van der Waals surface area contributed by atoms with Gasteiger partial charge in [0, 0.05) is 19.6 Å². The van der Waals surface area contributed by atoms with E-state index >= 15 is 0 Å². The van der Waals surface area contributed by atoms with Gasteiger partial charge in [0.25, 0.3) is 0 Å². The minimum absolute atomic E-state index is 0.0728. The first-order valence-corrected chi connectivity index (χ1v) is 12.2. The SMILES string of the molecule is CCCNC(=O)C1CCCN(S(=O)(=O)c2c(C)noc2C=Cc2cc(C)ccc2C)C1. The lowest BCUT2D eigenvalue weighted by atomic mass is 9.99. The number of hydrogen-bond donors (Lipinski definition) is 1. The molecule has 2 heterocycles. The fourth-order valence-corrected chi connectivity index (χ4v) is 5.57. The summed E-state index contributed by atoms with van der Waals surface area (Å²) in [7, 11) is -3.84. The van der Waals surface area contributed by atoms with E-state index in [4.69, 9.17) is 4.52 Å². The molecule has 0 radical (unpaired) electrons. The van der Waals surface area contributed by atoms with Crippen LogP contribution in [0.5, 0.6) is 0 Å². The van der Waals surface area contributed by atoms with Crippen LogP contribution in [0.1, 0.15) is 54.3 Å². The van der Waals surface area contributed by atoms with E-state index in [0.717, 1.165) is 23.1 Å². The molecule has 7 nitrogen and oxygen atoms in total. The summed E-state index contributed by atoms with van der Waals surface area (Å²) >= 11 is 0. The highest BCUT2D eigenvalue weighted by Crippen LogP contribution is 2.29. The maximum absolute atomic E-state index is 13.5. The minimum atomic E-state index is -3.84. The molecule has 0 bridgehead atoms. The number of rotatable bonds is 7. The first-order chi connectivity index (χ1) is 14.7. The molecule has 1 unspecified atom stereocenters. The second kappa shape index (κ2) is 9.78. The molecule has 168 valence electrons. The maximum atomic E-state index is 13.5. The smallest absolute Gasteiger partial charge is 0.248 e. The highest BCUT2D eigenvalue weighted by atomic mass is 32.2. The van der Waals surface area contributed by atoms with Gasteiger partial charge >= 0.3 is 0 Å². The fraction of sp³-hybridized carbons (Fsp3) is 0.478. The zero-order valence-electron chi connectivity index (χ0n) is 18.6. The molecule has 1 amide bonds. The van der Waals surface area contributed by atoms with E-state index in [1.165, 1.54) is 4.31 Å². The van der Waals surface area contributed by atoms with Crippen LogP contribution in [0.2, 0.25) is 0 Å². The second-order valence-electron chi connectivity index (χ2n) is 8.15. The number of nitrogens with one attached hydrogen (secondary N) is 1. The Balaban J connectivity index is 1.86. The molecular weight excluding hydrogens is 414 g/mol. The first kappa shape index (κ1) is 23.2. The molecule has 3 rings (SSSR count). The van der Waals surface area contributed by atoms with E-state index in [-0.39, 0.29) is 29.0 Å². The molecule has 1 aliphatic heterocycles. The lowest BCUT2D eigenvalue weighted by Crippen LogP contribution is -2.45. The van der Waals surface area contributed by atoms with Gasteiger partial charge in [-0.1, -0.05) is 41.9 Å². The Hall–Kier alpha value is -2.45. The van der Waals surface area contributed by atoms with Gasteiger partial charge in [-0.15, -0.1) is 0 Å². The van der Waals surface area contributed by atoms with Crippen molar-refractivity contribution in [2.75, 3.05) is 19.6 Å². The van der Waals surface area contributed by atoms with Crippen LogP contribution in [0.25, 0.3) is 12.2 Å². The van der Waals surface area contributed by atoms with Gasteiger partial charge < -0.3 is 9.84 Å². The van der Waals surface area contributed by atoms with Crippen molar-refractivity contribution in [3.05, 3.63) is 46.3 Å². The summed E-state index contributed by atoms with van der Waals surface area (Å²) in [5.74, 6) is -0.223. The summed E-state index contributed by atoms with van der Waals surface area (Å²) in [4.78, 5) is 12.5. The Kier molecular flexibility index (Phi) is 7.33. The Bertz CT molecular complexity index is 1070. The van der Waals surface area contributed by atoms with Crippen molar-refractivity contribution in [1.82, 2.24) is 14.8 Å². The van der Waals surface area contributed by atoms with Gasteiger partial charge in [0.1, 0.15) is 5.69 Å². The van der Waals surface area contributed by atoms with Crippen LogP contribution < -0.4 is 5.32 Å². The Labute approximate surface area is 184 Å². The number of carbonyl (C=O) groups is 1. The number of hydrogen-bond acceptors (Lipinski definition) is 5. The average molecular weight is 446 g/mol. The molecule has 1 N–H and O–H groups in total. The molecule has 0 aliphatic carbocycles. The maximum Gasteiger partial charge on any atom is 0.248 e.